The molecule has 31 heavy (non-hydrogen) atoms. The molecule has 0 atom stereocenters. The van der Waals surface area contributed by atoms with Gasteiger partial charge in [-0.05, 0) is 43.2 Å². The van der Waals surface area contributed by atoms with E-state index in [4.69, 9.17) is 10.5 Å². The number of amides is 2. The molecule has 2 aromatic heterocycles. The minimum atomic E-state index is -0.747. The van der Waals surface area contributed by atoms with Gasteiger partial charge in [0.1, 0.15) is 17.2 Å². The van der Waals surface area contributed by atoms with E-state index < -0.39 is 35.6 Å². The molecule has 4 rings (SSSR count). The van der Waals surface area contributed by atoms with Gasteiger partial charge >= 0.3 is 11.8 Å². The van der Waals surface area contributed by atoms with Crippen molar-refractivity contribution in [2.75, 3.05) is 13.2 Å². The molecule has 1 aliphatic rings. The average molecular weight is 446 g/mol. The maximum Gasteiger partial charge on any atom is 0.410 e. The topological polar surface area (TPSA) is 117 Å². The van der Waals surface area contributed by atoms with Crippen LogP contribution in [0.2, 0.25) is 0 Å². The van der Waals surface area contributed by atoms with Crippen LogP contribution in [-0.2, 0) is 29.0 Å². The highest BCUT2D eigenvalue weighted by Crippen LogP contribution is 2.33. The minimum Gasteiger partial charge on any atom is -0.450 e. The highest BCUT2D eigenvalue weighted by atomic mass is 32.1. The number of aromatic nitrogens is 2. The fourth-order valence-corrected chi connectivity index (χ4v) is 5.04. The number of hydrogen-bond donors (Lipinski definition) is 1. The van der Waals surface area contributed by atoms with Crippen molar-refractivity contribution < 1.29 is 18.7 Å². The van der Waals surface area contributed by atoms with E-state index in [0.717, 1.165) is 31.7 Å². The molecular weight excluding hydrogens is 427 g/mol. The molecule has 0 fully saturated rings. The van der Waals surface area contributed by atoms with Gasteiger partial charge in [0.05, 0.1) is 24.2 Å². The van der Waals surface area contributed by atoms with Crippen LogP contribution in [0.1, 0.15) is 17.4 Å². The Morgan fingerprint density at radius 2 is 1.94 bits per heavy atom. The van der Waals surface area contributed by atoms with Crippen LogP contribution in [-0.4, -0.2) is 39.2 Å². The van der Waals surface area contributed by atoms with E-state index >= 15 is 0 Å². The summed E-state index contributed by atoms with van der Waals surface area (Å²) in [5.74, 6) is -1.26. The van der Waals surface area contributed by atoms with Crippen LogP contribution < -0.4 is 17.0 Å². The van der Waals surface area contributed by atoms with Gasteiger partial charge < -0.3 is 15.4 Å². The third-order valence-electron chi connectivity index (χ3n) is 5.05. The standard InChI is InChI=1S/C20H19FN4O5S/c1-2-30-20(29)23-8-7-13-14(9-23)31-18-16(13)17(27)25(12-5-3-11(21)4-6-12)19(28)24(18)10-15(22)26/h3-6H,2,7-10H2,1H3,(H2,22,26). The van der Waals surface area contributed by atoms with Crippen molar-refractivity contribution in [3.63, 3.8) is 0 Å². The second kappa shape index (κ2) is 7.99. The van der Waals surface area contributed by atoms with Crippen LogP contribution in [0.3, 0.4) is 0 Å². The lowest BCUT2D eigenvalue weighted by molar-refractivity contribution is -0.118. The van der Waals surface area contributed by atoms with Gasteiger partial charge in [-0.1, -0.05) is 0 Å². The summed E-state index contributed by atoms with van der Waals surface area (Å²) < 4.78 is 20.5. The lowest BCUT2D eigenvalue weighted by Gasteiger charge is -2.25. The molecule has 0 bridgehead atoms. The molecule has 0 aliphatic carbocycles. The van der Waals surface area contributed by atoms with Crippen molar-refractivity contribution >= 4 is 33.6 Å². The second-order valence-corrected chi connectivity index (χ2v) is 8.09. The molecule has 3 heterocycles. The summed E-state index contributed by atoms with van der Waals surface area (Å²) in [6.07, 6.45) is -0.0643. The van der Waals surface area contributed by atoms with E-state index in [2.05, 4.69) is 0 Å². The van der Waals surface area contributed by atoms with Gasteiger partial charge in [-0.2, -0.15) is 0 Å². The predicted octanol–water partition coefficient (Wildman–Crippen LogP) is 1.35. The van der Waals surface area contributed by atoms with Crippen molar-refractivity contribution in [2.45, 2.75) is 26.4 Å². The van der Waals surface area contributed by atoms with Crippen LogP contribution in [0, 0.1) is 5.82 Å². The molecule has 0 saturated carbocycles. The van der Waals surface area contributed by atoms with Gasteiger partial charge in [0.25, 0.3) is 5.56 Å². The Kier molecular flexibility index (Phi) is 5.36. The molecule has 11 heteroatoms. The van der Waals surface area contributed by atoms with Crippen molar-refractivity contribution in [3.8, 4) is 5.69 Å². The first-order valence-corrected chi connectivity index (χ1v) is 10.4. The zero-order valence-electron chi connectivity index (χ0n) is 16.6. The molecular formula is C20H19FN4O5S. The summed E-state index contributed by atoms with van der Waals surface area (Å²) in [5, 5.41) is 0.300. The quantitative estimate of drug-likeness (QED) is 0.649. The van der Waals surface area contributed by atoms with Gasteiger partial charge in [0, 0.05) is 11.4 Å². The Bertz CT molecular complexity index is 1310. The van der Waals surface area contributed by atoms with E-state index in [1.54, 1.807) is 6.92 Å². The van der Waals surface area contributed by atoms with Gasteiger partial charge in [0.2, 0.25) is 5.91 Å². The molecule has 2 N–H and O–H groups in total. The minimum absolute atomic E-state index is 0.181. The first kappa shape index (κ1) is 20.8. The fourth-order valence-electron chi connectivity index (χ4n) is 3.69. The number of halogens is 1. The van der Waals surface area contributed by atoms with Crippen LogP contribution in [0.15, 0.2) is 33.9 Å². The van der Waals surface area contributed by atoms with Crippen molar-refractivity contribution in [3.05, 3.63) is 61.4 Å². The van der Waals surface area contributed by atoms with E-state index in [1.807, 2.05) is 0 Å². The highest BCUT2D eigenvalue weighted by molar-refractivity contribution is 7.18. The fraction of sp³-hybridized carbons (Fsp3) is 0.300. The number of carbonyl (C=O) groups excluding carboxylic acids is 2. The Morgan fingerprint density at radius 3 is 2.58 bits per heavy atom. The number of rotatable bonds is 4. The highest BCUT2D eigenvalue weighted by Gasteiger charge is 2.29. The summed E-state index contributed by atoms with van der Waals surface area (Å²) in [7, 11) is 0. The van der Waals surface area contributed by atoms with E-state index in [9.17, 15) is 23.6 Å². The van der Waals surface area contributed by atoms with Crippen molar-refractivity contribution in [2.24, 2.45) is 5.73 Å². The SMILES string of the molecule is CCOC(=O)N1CCc2c(sc3c2c(=O)n(-c2ccc(F)cc2)c(=O)n3CC(N)=O)C1. The average Bonchev–Trinajstić information content (AvgIpc) is 3.11. The Morgan fingerprint density at radius 1 is 1.23 bits per heavy atom. The van der Waals surface area contributed by atoms with Crippen LogP contribution in [0.5, 0.6) is 0 Å². The van der Waals surface area contributed by atoms with Crippen LogP contribution in [0.4, 0.5) is 9.18 Å². The van der Waals surface area contributed by atoms with E-state index in [1.165, 1.54) is 28.4 Å². The predicted molar refractivity (Wildman–Crippen MR) is 112 cm³/mol. The number of nitrogens with two attached hydrogens (primary N) is 1. The molecule has 0 unspecified atom stereocenters. The maximum atomic E-state index is 13.4. The maximum absolute atomic E-state index is 13.4. The van der Waals surface area contributed by atoms with Crippen molar-refractivity contribution in [1.29, 1.82) is 0 Å². The number of benzene rings is 1. The number of fused-ring (bicyclic) bond motifs is 3. The molecule has 0 saturated heterocycles. The molecule has 3 aromatic rings. The summed E-state index contributed by atoms with van der Waals surface area (Å²) >= 11 is 1.17. The number of thiophene rings is 1. The summed E-state index contributed by atoms with van der Waals surface area (Å²) in [4.78, 5) is 52.9. The van der Waals surface area contributed by atoms with Crippen molar-refractivity contribution in [1.82, 2.24) is 14.0 Å². The number of ether oxygens (including phenoxy) is 1. The molecule has 2 amide bonds. The first-order valence-electron chi connectivity index (χ1n) is 9.57. The summed E-state index contributed by atoms with van der Waals surface area (Å²) in [5.41, 5.74) is 4.94. The number of carbonyl (C=O) groups is 2. The molecule has 9 nitrogen and oxygen atoms in total. The number of primary amides is 1. The lowest BCUT2D eigenvalue weighted by atomic mass is 10.1. The van der Waals surface area contributed by atoms with Crippen LogP contribution >= 0.6 is 11.3 Å². The first-order chi connectivity index (χ1) is 14.8. The summed E-state index contributed by atoms with van der Waals surface area (Å²) in [6.45, 7) is 2.12. The number of nitrogens with zero attached hydrogens (tertiary/aromatic N) is 3. The molecule has 0 radical (unpaired) electrons. The lowest BCUT2D eigenvalue weighted by Crippen LogP contribution is -2.41. The number of hydrogen-bond acceptors (Lipinski definition) is 6. The normalized spacial score (nSPS) is 13.3. The second-order valence-electron chi connectivity index (χ2n) is 7.01. The molecule has 162 valence electrons. The zero-order chi connectivity index (χ0) is 22.3. The van der Waals surface area contributed by atoms with E-state index in [-0.39, 0.29) is 18.8 Å². The Hall–Kier alpha value is -3.47. The van der Waals surface area contributed by atoms with Gasteiger partial charge in [0.15, 0.2) is 0 Å². The largest absolute Gasteiger partial charge is 0.450 e. The van der Waals surface area contributed by atoms with Crippen LogP contribution in [0.25, 0.3) is 15.9 Å². The summed E-state index contributed by atoms with van der Waals surface area (Å²) in [6, 6.07) is 4.92. The molecule has 1 aromatic carbocycles. The molecule has 1 aliphatic heterocycles. The monoisotopic (exact) mass is 446 g/mol. The Balaban J connectivity index is 1.95. The zero-order valence-corrected chi connectivity index (χ0v) is 17.4. The third kappa shape index (κ3) is 3.61. The third-order valence-corrected chi connectivity index (χ3v) is 6.29. The van der Waals surface area contributed by atoms with E-state index in [0.29, 0.717) is 23.2 Å². The smallest absolute Gasteiger partial charge is 0.410 e. The Labute approximate surface area is 179 Å². The van der Waals surface area contributed by atoms with Gasteiger partial charge in [-0.3, -0.25) is 14.2 Å². The van der Waals surface area contributed by atoms with Gasteiger partial charge in [-0.25, -0.2) is 18.5 Å². The molecule has 0 spiro atoms. The van der Waals surface area contributed by atoms with Gasteiger partial charge in [-0.15, -0.1) is 11.3 Å².